The van der Waals surface area contributed by atoms with Crippen molar-refractivity contribution in [1.82, 2.24) is 14.6 Å². The molecule has 0 aliphatic heterocycles. The van der Waals surface area contributed by atoms with E-state index in [0.29, 0.717) is 30.9 Å². The van der Waals surface area contributed by atoms with Crippen molar-refractivity contribution < 1.29 is 19.0 Å². The number of rotatable bonds is 9. The van der Waals surface area contributed by atoms with Gasteiger partial charge in [0.2, 0.25) is 5.91 Å². The van der Waals surface area contributed by atoms with Crippen molar-refractivity contribution in [2.45, 2.75) is 33.6 Å². The molecule has 0 saturated heterocycles. The summed E-state index contributed by atoms with van der Waals surface area (Å²) in [5, 5.41) is 7.73. The molecule has 0 aliphatic rings. The van der Waals surface area contributed by atoms with Gasteiger partial charge in [0, 0.05) is 41.2 Å². The molecule has 4 aromatic rings. The largest absolute Gasteiger partial charge is 0.497 e. The number of methoxy groups -OCH3 is 2. The van der Waals surface area contributed by atoms with E-state index in [4.69, 9.17) is 24.3 Å². The van der Waals surface area contributed by atoms with Gasteiger partial charge in [0.15, 0.2) is 5.65 Å². The second-order valence-electron chi connectivity index (χ2n) is 8.13. The number of aryl methyl sites for hydroxylation is 2. The molecule has 1 N–H and O–H groups in total. The zero-order valence-electron chi connectivity index (χ0n) is 20.7. The second-order valence-corrected chi connectivity index (χ2v) is 8.13. The number of benzene rings is 2. The van der Waals surface area contributed by atoms with Gasteiger partial charge in [-0.25, -0.2) is 9.50 Å². The Bertz CT molecular complexity index is 1350. The van der Waals surface area contributed by atoms with Crippen molar-refractivity contribution in [3.63, 3.8) is 0 Å². The molecule has 0 spiro atoms. The first-order valence-electron chi connectivity index (χ1n) is 11.5. The zero-order valence-corrected chi connectivity index (χ0v) is 20.7. The lowest BCUT2D eigenvalue weighted by molar-refractivity contribution is -0.116. The molecule has 8 nitrogen and oxygen atoms in total. The number of carbonyl (C=O) groups excluding carboxylic acids is 1. The lowest BCUT2D eigenvalue weighted by Crippen LogP contribution is -2.14. The molecule has 1 amide bonds. The van der Waals surface area contributed by atoms with Gasteiger partial charge in [-0.3, -0.25) is 4.79 Å². The van der Waals surface area contributed by atoms with Gasteiger partial charge in [-0.2, -0.15) is 5.10 Å². The smallest absolute Gasteiger partial charge is 0.224 e. The molecule has 0 fully saturated rings. The third-order valence-electron chi connectivity index (χ3n) is 5.90. The number of aromatic nitrogens is 3. The summed E-state index contributed by atoms with van der Waals surface area (Å²) >= 11 is 0. The lowest BCUT2D eigenvalue weighted by atomic mass is 10.1. The van der Waals surface area contributed by atoms with E-state index >= 15 is 0 Å². The summed E-state index contributed by atoms with van der Waals surface area (Å²) in [5.74, 6) is 2.11. The van der Waals surface area contributed by atoms with Gasteiger partial charge in [-0.05, 0) is 69.2 Å². The Balaban J connectivity index is 1.53. The molecule has 0 saturated carbocycles. The molecule has 2 heterocycles. The molecule has 0 radical (unpaired) electrons. The maximum atomic E-state index is 12.6. The molecule has 35 heavy (non-hydrogen) atoms. The Morgan fingerprint density at radius 3 is 2.43 bits per heavy atom. The van der Waals surface area contributed by atoms with E-state index in [1.165, 1.54) is 0 Å². The molecule has 8 heteroatoms. The van der Waals surface area contributed by atoms with Crippen LogP contribution in [0.4, 0.5) is 5.69 Å². The second kappa shape index (κ2) is 10.5. The van der Waals surface area contributed by atoms with Crippen LogP contribution in [0.2, 0.25) is 0 Å². The Morgan fingerprint density at radius 2 is 1.74 bits per heavy atom. The SMILES string of the molecule is CCOc1ccc(NC(=O)CCc2c(C)nc3cc(-c4ccc(OC)cc4OC)nn3c2C)cc1. The van der Waals surface area contributed by atoms with Crippen LogP contribution < -0.4 is 19.5 Å². The average Bonchev–Trinajstić information content (AvgIpc) is 3.28. The lowest BCUT2D eigenvalue weighted by Gasteiger charge is -2.11. The number of amides is 1. The van der Waals surface area contributed by atoms with E-state index < -0.39 is 0 Å². The number of ether oxygens (including phenoxy) is 3. The van der Waals surface area contributed by atoms with Gasteiger partial charge in [0.25, 0.3) is 0 Å². The summed E-state index contributed by atoms with van der Waals surface area (Å²) in [6, 6.07) is 14.9. The third-order valence-corrected chi connectivity index (χ3v) is 5.90. The topological polar surface area (TPSA) is 87.0 Å². The van der Waals surface area contributed by atoms with Crippen LogP contribution in [-0.2, 0) is 11.2 Å². The summed E-state index contributed by atoms with van der Waals surface area (Å²) in [6.07, 6.45) is 0.896. The maximum Gasteiger partial charge on any atom is 0.224 e. The predicted molar refractivity (Wildman–Crippen MR) is 136 cm³/mol. The van der Waals surface area contributed by atoms with Crippen LogP contribution in [0.25, 0.3) is 16.9 Å². The predicted octanol–water partition coefficient (Wildman–Crippen LogP) is 5.00. The van der Waals surface area contributed by atoms with Gasteiger partial charge in [-0.15, -0.1) is 0 Å². The Labute approximate surface area is 204 Å². The van der Waals surface area contributed by atoms with E-state index in [2.05, 4.69) is 5.32 Å². The summed E-state index contributed by atoms with van der Waals surface area (Å²) in [4.78, 5) is 17.3. The highest BCUT2D eigenvalue weighted by atomic mass is 16.5. The molecular formula is C27H30N4O4. The minimum absolute atomic E-state index is 0.0582. The number of nitrogens with zero attached hydrogens (tertiary/aromatic N) is 3. The zero-order chi connectivity index (χ0) is 24.9. The van der Waals surface area contributed by atoms with Crippen molar-refractivity contribution in [1.29, 1.82) is 0 Å². The van der Waals surface area contributed by atoms with Crippen molar-refractivity contribution in [2.75, 3.05) is 26.1 Å². The number of hydrogen-bond acceptors (Lipinski definition) is 6. The fourth-order valence-corrected chi connectivity index (χ4v) is 4.09. The van der Waals surface area contributed by atoms with E-state index in [-0.39, 0.29) is 5.91 Å². The first-order valence-corrected chi connectivity index (χ1v) is 11.5. The van der Waals surface area contributed by atoms with Gasteiger partial charge in [0.05, 0.1) is 26.5 Å². The van der Waals surface area contributed by atoms with Crippen molar-refractivity contribution in [3.8, 4) is 28.5 Å². The Hall–Kier alpha value is -4.07. The molecule has 0 unspecified atom stereocenters. The quantitative estimate of drug-likeness (QED) is 0.367. The van der Waals surface area contributed by atoms with Crippen molar-refractivity contribution >= 4 is 17.2 Å². The van der Waals surface area contributed by atoms with Crippen LogP contribution in [0.3, 0.4) is 0 Å². The molecule has 0 atom stereocenters. The summed E-state index contributed by atoms with van der Waals surface area (Å²) in [6.45, 7) is 6.51. The molecule has 2 aromatic carbocycles. The van der Waals surface area contributed by atoms with Crippen molar-refractivity contribution in [2.24, 2.45) is 0 Å². The van der Waals surface area contributed by atoms with E-state index in [1.807, 2.05) is 73.8 Å². The van der Waals surface area contributed by atoms with Crippen LogP contribution in [0, 0.1) is 13.8 Å². The fourth-order valence-electron chi connectivity index (χ4n) is 4.09. The highest BCUT2D eigenvalue weighted by molar-refractivity contribution is 5.90. The fraction of sp³-hybridized carbons (Fsp3) is 0.296. The van der Waals surface area contributed by atoms with Gasteiger partial charge < -0.3 is 19.5 Å². The highest BCUT2D eigenvalue weighted by Crippen LogP contribution is 2.33. The number of anilines is 1. The summed E-state index contributed by atoms with van der Waals surface area (Å²) in [7, 11) is 3.24. The Kier molecular flexibility index (Phi) is 7.19. The highest BCUT2D eigenvalue weighted by Gasteiger charge is 2.17. The van der Waals surface area contributed by atoms with Crippen LogP contribution in [0.1, 0.15) is 30.3 Å². The monoisotopic (exact) mass is 474 g/mol. The van der Waals surface area contributed by atoms with Crippen LogP contribution >= 0.6 is 0 Å². The minimum atomic E-state index is -0.0582. The number of hydrogen-bond donors (Lipinski definition) is 1. The molecular weight excluding hydrogens is 444 g/mol. The first-order chi connectivity index (χ1) is 16.9. The maximum absolute atomic E-state index is 12.6. The summed E-state index contributed by atoms with van der Waals surface area (Å²) < 4.78 is 18.1. The average molecular weight is 475 g/mol. The van der Waals surface area contributed by atoms with Crippen molar-refractivity contribution in [3.05, 3.63) is 65.5 Å². The van der Waals surface area contributed by atoms with Gasteiger partial charge >= 0.3 is 0 Å². The number of fused-ring (bicyclic) bond motifs is 1. The van der Waals surface area contributed by atoms with E-state index in [9.17, 15) is 4.79 Å². The minimum Gasteiger partial charge on any atom is -0.497 e. The third kappa shape index (κ3) is 5.21. The first kappa shape index (κ1) is 24.1. The number of carbonyl (C=O) groups is 1. The summed E-state index contributed by atoms with van der Waals surface area (Å²) in [5.41, 5.74) is 5.95. The number of nitrogens with one attached hydrogen (secondary N) is 1. The molecule has 2 aromatic heterocycles. The molecule has 0 bridgehead atoms. The van der Waals surface area contributed by atoms with E-state index in [0.717, 1.165) is 45.3 Å². The molecule has 0 aliphatic carbocycles. The van der Waals surface area contributed by atoms with Gasteiger partial charge in [0.1, 0.15) is 17.2 Å². The normalized spacial score (nSPS) is 10.9. The van der Waals surface area contributed by atoms with Crippen LogP contribution in [0.15, 0.2) is 48.5 Å². The van der Waals surface area contributed by atoms with Crippen LogP contribution in [0.5, 0.6) is 17.2 Å². The molecule has 4 rings (SSSR count). The molecule has 182 valence electrons. The van der Waals surface area contributed by atoms with E-state index in [1.54, 1.807) is 14.2 Å². The standard InChI is InChI=1S/C27H30N4O4/c1-6-35-20-9-7-19(8-10-20)29-27(32)14-13-22-17(2)28-26-16-24(30-31(26)18(22)3)23-12-11-21(33-4)15-25(23)34-5/h7-12,15-16H,6,13-14H2,1-5H3,(H,29,32). The van der Waals surface area contributed by atoms with Crippen LogP contribution in [-0.4, -0.2) is 41.3 Å². The van der Waals surface area contributed by atoms with Gasteiger partial charge in [-0.1, -0.05) is 0 Å². The Morgan fingerprint density at radius 1 is 1.00 bits per heavy atom.